The van der Waals surface area contributed by atoms with Gasteiger partial charge in [0.05, 0.1) is 5.69 Å². The summed E-state index contributed by atoms with van der Waals surface area (Å²) < 4.78 is 15.4. The molecule has 4 heteroatoms. The summed E-state index contributed by atoms with van der Waals surface area (Å²) in [6.45, 7) is 2.81. The zero-order valence-electron chi connectivity index (χ0n) is 12.9. The number of allylic oxidation sites excluding steroid dienone is 1. The molecule has 1 unspecified atom stereocenters. The summed E-state index contributed by atoms with van der Waals surface area (Å²) >= 11 is 0. The van der Waals surface area contributed by atoms with Crippen LogP contribution in [0.15, 0.2) is 48.3 Å². The number of benzene rings is 1. The van der Waals surface area contributed by atoms with Crippen LogP contribution in [0.1, 0.15) is 38.2 Å². The zero-order chi connectivity index (χ0) is 15.4. The molecule has 2 aromatic rings. The summed E-state index contributed by atoms with van der Waals surface area (Å²) in [6, 6.07) is 7.05. The van der Waals surface area contributed by atoms with E-state index in [4.69, 9.17) is 0 Å². The number of halogens is 1. The van der Waals surface area contributed by atoms with Gasteiger partial charge >= 0.3 is 0 Å². The van der Waals surface area contributed by atoms with E-state index in [-0.39, 0.29) is 5.82 Å². The average molecular weight is 299 g/mol. The van der Waals surface area contributed by atoms with Gasteiger partial charge in [0.25, 0.3) is 0 Å². The fraction of sp³-hybridized carbons (Fsp3) is 0.389. The minimum atomic E-state index is -0.211. The van der Waals surface area contributed by atoms with Crippen molar-refractivity contribution in [2.24, 2.45) is 0 Å². The monoisotopic (exact) mass is 299 g/mol. The Morgan fingerprint density at radius 2 is 2.27 bits per heavy atom. The van der Waals surface area contributed by atoms with E-state index in [1.807, 2.05) is 12.3 Å². The third-order valence-electron chi connectivity index (χ3n) is 4.27. The van der Waals surface area contributed by atoms with Crippen LogP contribution in [0.2, 0.25) is 0 Å². The highest BCUT2D eigenvalue weighted by molar-refractivity contribution is 5.40. The Bertz CT molecular complexity index is 646. The summed E-state index contributed by atoms with van der Waals surface area (Å²) in [7, 11) is 0. The Morgan fingerprint density at radius 1 is 1.36 bits per heavy atom. The van der Waals surface area contributed by atoms with Crippen LogP contribution < -0.4 is 5.32 Å². The van der Waals surface area contributed by atoms with Crippen LogP contribution in [-0.4, -0.2) is 15.8 Å². The zero-order valence-corrected chi connectivity index (χ0v) is 12.9. The van der Waals surface area contributed by atoms with Crippen molar-refractivity contribution >= 4 is 0 Å². The van der Waals surface area contributed by atoms with E-state index in [2.05, 4.69) is 23.4 Å². The minimum absolute atomic E-state index is 0.211. The molecule has 0 saturated heterocycles. The molecule has 3 rings (SSSR count). The Balaban J connectivity index is 1.74. The lowest BCUT2D eigenvalue weighted by atomic mass is 9.94. The molecule has 1 aromatic carbocycles. The van der Waals surface area contributed by atoms with Gasteiger partial charge in [-0.25, -0.2) is 9.07 Å². The molecule has 1 atom stereocenters. The Labute approximate surface area is 130 Å². The highest BCUT2D eigenvalue weighted by Gasteiger charge is 2.13. The molecule has 0 amide bonds. The van der Waals surface area contributed by atoms with Crippen LogP contribution in [0.3, 0.4) is 0 Å². The summed E-state index contributed by atoms with van der Waals surface area (Å²) in [5.74, 6) is -0.211. The standard InChI is InChI=1S/C18H22FN3/c1-14(15-6-3-2-4-7-15)20-13-16-12-17(19)8-9-18(16)22-11-5-10-21-22/h5-6,8-12,14,20H,2-4,7,13H2,1H3. The quantitative estimate of drug-likeness (QED) is 0.846. The molecule has 1 aliphatic carbocycles. The van der Waals surface area contributed by atoms with Gasteiger partial charge in [0.1, 0.15) is 5.82 Å². The van der Waals surface area contributed by atoms with E-state index in [1.54, 1.807) is 23.0 Å². The second kappa shape index (κ2) is 6.88. The van der Waals surface area contributed by atoms with Crippen LogP contribution in [0, 0.1) is 5.82 Å². The highest BCUT2D eigenvalue weighted by atomic mass is 19.1. The van der Waals surface area contributed by atoms with Crippen LogP contribution in [0.5, 0.6) is 0 Å². The lowest BCUT2D eigenvalue weighted by Gasteiger charge is -2.21. The SMILES string of the molecule is CC(NCc1cc(F)ccc1-n1cccn1)C1=CCCCC1. The van der Waals surface area contributed by atoms with Gasteiger partial charge in [-0.3, -0.25) is 0 Å². The van der Waals surface area contributed by atoms with Crippen molar-refractivity contribution in [2.75, 3.05) is 0 Å². The van der Waals surface area contributed by atoms with Crippen molar-refractivity contribution < 1.29 is 4.39 Å². The average Bonchev–Trinajstić information content (AvgIpc) is 3.08. The molecule has 0 saturated carbocycles. The largest absolute Gasteiger partial charge is 0.306 e. The first-order valence-electron chi connectivity index (χ1n) is 7.95. The van der Waals surface area contributed by atoms with Crippen molar-refractivity contribution in [3.05, 3.63) is 59.7 Å². The van der Waals surface area contributed by atoms with E-state index in [9.17, 15) is 4.39 Å². The van der Waals surface area contributed by atoms with Crippen LogP contribution in [0.25, 0.3) is 5.69 Å². The van der Waals surface area contributed by atoms with Gasteiger partial charge in [0.15, 0.2) is 0 Å². The molecule has 1 heterocycles. The van der Waals surface area contributed by atoms with Crippen molar-refractivity contribution in [3.63, 3.8) is 0 Å². The Hall–Kier alpha value is -1.94. The Morgan fingerprint density at radius 3 is 3.00 bits per heavy atom. The molecule has 116 valence electrons. The van der Waals surface area contributed by atoms with E-state index in [0.29, 0.717) is 12.6 Å². The predicted octanol–water partition coefficient (Wildman–Crippen LogP) is 3.99. The van der Waals surface area contributed by atoms with Gasteiger partial charge in [-0.15, -0.1) is 0 Å². The third kappa shape index (κ3) is 3.45. The lowest BCUT2D eigenvalue weighted by molar-refractivity contribution is 0.555. The summed E-state index contributed by atoms with van der Waals surface area (Å²) in [5.41, 5.74) is 3.32. The van der Waals surface area contributed by atoms with E-state index >= 15 is 0 Å². The van der Waals surface area contributed by atoms with Crippen LogP contribution in [-0.2, 0) is 6.54 Å². The molecule has 1 N–H and O–H groups in total. The van der Waals surface area contributed by atoms with Crippen molar-refractivity contribution in [2.45, 2.75) is 45.2 Å². The maximum absolute atomic E-state index is 13.6. The summed E-state index contributed by atoms with van der Waals surface area (Å²) in [6.07, 6.45) is 10.9. The fourth-order valence-corrected chi connectivity index (χ4v) is 2.98. The number of nitrogens with one attached hydrogen (secondary N) is 1. The first-order chi connectivity index (χ1) is 10.7. The van der Waals surface area contributed by atoms with Crippen LogP contribution >= 0.6 is 0 Å². The maximum atomic E-state index is 13.6. The van der Waals surface area contributed by atoms with Crippen molar-refractivity contribution in [1.82, 2.24) is 15.1 Å². The molecule has 1 aromatic heterocycles. The number of hydrogen-bond donors (Lipinski definition) is 1. The number of hydrogen-bond acceptors (Lipinski definition) is 2. The van der Waals surface area contributed by atoms with Crippen LogP contribution in [0.4, 0.5) is 4.39 Å². The second-order valence-corrected chi connectivity index (χ2v) is 5.85. The molecule has 0 radical (unpaired) electrons. The van der Waals surface area contributed by atoms with Gasteiger partial charge in [0, 0.05) is 25.0 Å². The molecule has 0 bridgehead atoms. The molecule has 0 aliphatic heterocycles. The Kier molecular flexibility index (Phi) is 4.68. The lowest BCUT2D eigenvalue weighted by Crippen LogP contribution is -2.28. The van der Waals surface area contributed by atoms with Gasteiger partial charge in [-0.05, 0) is 62.4 Å². The van der Waals surface area contributed by atoms with Gasteiger partial charge in [-0.2, -0.15) is 5.10 Å². The molecule has 0 fully saturated rings. The molecule has 0 spiro atoms. The first kappa shape index (κ1) is 15.0. The number of aromatic nitrogens is 2. The van der Waals surface area contributed by atoms with Crippen molar-refractivity contribution in [1.29, 1.82) is 0 Å². The third-order valence-corrected chi connectivity index (χ3v) is 4.27. The smallest absolute Gasteiger partial charge is 0.123 e. The van der Waals surface area contributed by atoms with Gasteiger partial charge in [0.2, 0.25) is 0 Å². The van der Waals surface area contributed by atoms with E-state index < -0.39 is 0 Å². The highest BCUT2D eigenvalue weighted by Crippen LogP contribution is 2.21. The number of rotatable bonds is 5. The van der Waals surface area contributed by atoms with E-state index in [1.165, 1.54) is 37.3 Å². The normalized spacial score (nSPS) is 16.4. The van der Waals surface area contributed by atoms with Crippen molar-refractivity contribution in [3.8, 4) is 5.69 Å². The van der Waals surface area contributed by atoms with E-state index in [0.717, 1.165) is 11.3 Å². The first-order valence-corrected chi connectivity index (χ1v) is 7.95. The molecular weight excluding hydrogens is 277 g/mol. The van der Waals surface area contributed by atoms with Gasteiger partial charge < -0.3 is 5.32 Å². The van der Waals surface area contributed by atoms with Gasteiger partial charge in [-0.1, -0.05) is 11.6 Å². The molecule has 22 heavy (non-hydrogen) atoms. The summed E-state index contributed by atoms with van der Waals surface area (Å²) in [5, 5.41) is 7.77. The molecule has 1 aliphatic rings. The molecule has 3 nitrogen and oxygen atoms in total. The minimum Gasteiger partial charge on any atom is -0.306 e. The predicted molar refractivity (Wildman–Crippen MR) is 86.4 cm³/mol. The summed E-state index contributed by atoms with van der Waals surface area (Å²) in [4.78, 5) is 0. The molecular formula is C18H22FN3. The maximum Gasteiger partial charge on any atom is 0.123 e. The number of nitrogens with zero attached hydrogens (tertiary/aromatic N) is 2. The topological polar surface area (TPSA) is 29.9 Å². The fourth-order valence-electron chi connectivity index (χ4n) is 2.98. The second-order valence-electron chi connectivity index (χ2n) is 5.85.